The molecule has 3 aromatic heterocycles. The third-order valence-corrected chi connectivity index (χ3v) is 6.07. The van der Waals surface area contributed by atoms with E-state index in [4.69, 9.17) is 4.74 Å². The zero-order valence-corrected chi connectivity index (χ0v) is 15.8. The van der Waals surface area contributed by atoms with Crippen molar-refractivity contribution in [3.05, 3.63) is 35.7 Å². The van der Waals surface area contributed by atoms with Crippen LogP contribution in [-0.2, 0) is 0 Å². The first kappa shape index (κ1) is 16.8. The highest BCUT2D eigenvalue weighted by molar-refractivity contribution is 7.17. The Bertz CT molecular complexity index is 1070. The Morgan fingerprint density at radius 3 is 3.11 bits per heavy atom. The number of β-amino-alcohol motifs (C(OH)–C–C–N with tert-alkyl or cyclic N) is 1. The van der Waals surface area contributed by atoms with Crippen LogP contribution in [-0.4, -0.2) is 57.5 Å². The normalized spacial score (nSPS) is 18.0. The molecule has 5 rings (SSSR count). The van der Waals surface area contributed by atoms with Crippen LogP contribution in [0.5, 0.6) is 5.75 Å². The second-order valence-corrected chi connectivity index (χ2v) is 8.03. The van der Waals surface area contributed by atoms with E-state index in [1.807, 2.05) is 12.1 Å². The van der Waals surface area contributed by atoms with Crippen molar-refractivity contribution in [2.75, 3.05) is 26.2 Å². The third kappa shape index (κ3) is 3.34. The largest absolute Gasteiger partial charge is 0.493 e. The SMILES string of the molecule is OC1CCN(CCCOc2ccc3cc(-c4n[nH]c5ccsc45)[nH]c3c2)C1. The van der Waals surface area contributed by atoms with E-state index in [0.717, 1.165) is 66.0 Å². The Hall–Kier alpha value is -2.35. The van der Waals surface area contributed by atoms with Crippen molar-refractivity contribution in [2.24, 2.45) is 0 Å². The molecule has 1 aliphatic rings. The molecule has 1 saturated heterocycles. The molecular weight excluding hydrogens is 360 g/mol. The molecule has 1 fully saturated rings. The number of hydrogen-bond donors (Lipinski definition) is 3. The molecule has 4 aromatic rings. The average Bonchev–Trinajstić information content (AvgIpc) is 3.41. The molecule has 0 amide bonds. The number of aliphatic hydroxyl groups is 1. The number of rotatable bonds is 6. The summed E-state index contributed by atoms with van der Waals surface area (Å²) in [6.07, 6.45) is 1.70. The van der Waals surface area contributed by atoms with Gasteiger partial charge in [0.2, 0.25) is 0 Å². The van der Waals surface area contributed by atoms with E-state index in [9.17, 15) is 5.11 Å². The molecule has 0 saturated carbocycles. The Kier molecular flexibility index (Phi) is 4.35. The number of thiophene rings is 1. The summed E-state index contributed by atoms with van der Waals surface area (Å²) in [5, 5.41) is 20.3. The summed E-state index contributed by atoms with van der Waals surface area (Å²) in [6.45, 7) is 3.44. The lowest BCUT2D eigenvalue weighted by Gasteiger charge is -2.14. The summed E-state index contributed by atoms with van der Waals surface area (Å²) in [6, 6.07) is 10.3. The highest BCUT2D eigenvalue weighted by Crippen LogP contribution is 2.32. The highest BCUT2D eigenvalue weighted by Gasteiger charge is 2.19. The first-order valence-corrected chi connectivity index (χ1v) is 10.2. The van der Waals surface area contributed by atoms with Crippen LogP contribution in [0.25, 0.3) is 32.5 Å². The maximum absolute atomic E-state index is 9.57. The van der Waals surface area contributed by atoms with Gasteiger partial charge in [0.15, 0.2) is 0 Å². The van der Waals surface area contributed by atoms with Crippen molar-refractivity contribution in [1.82, 2.24) is 20.1 Å². The van der Waals surface area contributed by atoms with E-state index in [2.05, 4.69) is 43.7 Å². The quantitative estimate of drug-likeness (QED) is 0.445. The summed E-state index contributed by atoms with van der Waals surface area (Å²) in [5.41, 5.74) is 4.11. The van der Waals surface area contributed by atoms with Gasteiger partial charge < -0.3 is 19.7 Å². The van der Waals surface area contributed by atoms with Gasteiger partial charge in [-0.15, -0.1) is 11.3 Å². The average molecular weight is 382 g/mol. The standard InChI is InChI=1S/C20H22N4O2S/c25-14-4-7-24(12-14)6-1-8-26-15-3-2-13-10-18(21-17(13)11-15)19-20-16(22-23-19)5-9-27-20/h2-3,5,9-11,14,21,25H,1,4,6-8,12H2,(H,22,23). The van der Waals surface area contributed by atoms with Gasteiger partial charge in [-0.2, -0.15) is 5.10 Å². The van der Waals surface area contributed by atoms with Crippen molar-refractivity contribution in [1.29, 1.82) is 0 Å². The van der Waals surface area contributed by atoms with Gasteiger partial charge in [-0.05, 0) is 42.5 Å². The Labute approximate surface area is 160 Å². The fourth-order valence-electron chi connectivity index (χ4n) is 3.75. The molecule has 6 nitrogen and oxygen atoms in total. The number of nitrogens with zero attached hydrogens (tertiary/aromatic N) is 2. The minimum atomic E-state index is -0.152. The number of aromatic nitrogens is 3. The maximum Gasteiger partial charge on any atom is 0.126 e. The molecule has 0 radical (unpaired) electrons. The second-order valence-electron chi connectivity index (χ2n) is 7.11. The van der Waals surface area contributed by atoms with Gasteiger partial charge in [-0.25, -0.2) is 0 Å². The Morgan fingerprint density at radius 1 is 1.26 bits per heavy atom. The van der Waals surface area contributed by atoms with Gasteiger partial charge in [0, 0.05) is 36.6 Å². The van der Waals surface area contributed by atoms with Crippen LogP contribution >= 0.6 is 11.3 Å². The summed E-state index contributed by atoms with van der Waals surface area (Å²) in [5.74, 6) is 0.876. The third-order valence-electron chi connectivity index (χ3n) is 5.15. The lowest BCUT2D eigenvalue weighted by molar-refractivity contribution is 0.173. The molecule has 0 aliphatic carbocycles. The van der Waals surface area contributed by atoms with E-state index in [1.165, 1.54) is 4.70 Å². The molecule has 140 valence electrons. The van der Waals surface area contributed by atoms with Crippen LogP contribution in [0.4, 0.5) is 0 Å². The molecule has 3 N–H and O–H groups in total. The zero-order valence-electron chi connectivity index (χ0n) is 14.9. The number of ether oxygens (including phenoxy) is 1. The lowest BCUT2D eigenvalue weighted by atomic mass is 10.2. The first-order valence-electron chi connectivity index (χ1n) is 9.34. The number of hydrogen-bond acceptors (Lipinski definition) is 5. The number of nitrogens with one attached hydrogen (secondary N) is 2. The molecule has 7 heteroatoms. The summed E-state index contributed by atoms with van der Waals surface area (Å²) >= 11 is 1.69. The molecule has 0 bridgehead atoms. The van der Waals surface area contributed by atoms with Gasteiger partial charge in [-0.1, -0.05) is 0 Å². The van der Waals surface area contributed by atoms with E-state index in [1.54, 1.807) is 11.3 Å². The molecular formula is C20H22N4O2S. The van der Waals surface area contributed by atoms with Crippen molar-refractivity contribution < 1.29 is 9.84 Å². The minimum absolute atomic E-state index is 0.152. The van der Waals surface area contributed by atoms with Crippen LogP contribution in [0.1, 0.15) is 12.8 Å². The number of H-pyrrole nitrogens is 2. The smallest absolute Gasteiger partial charge is 0.126 e. The molecule has 1 atom stereocenters. The second kappa shape index (κ2) is 6.99. The van der Waals surface area contributed by atoms with Crippen molar-refractivity contribution in [3.63, 3.8) is 0 Å². The maximum atomic E-state index is 9.57. The van der Waals surface area contributed by atoms with Crippen LogP contribution < -0.4 is 4.74 Å². The van der Waals surface area contributed by atoms with E-state index in [0.29, 0.717) is 6.61 Å². The topological polar surface area (TPSA) is 77.2 Å². The van der Waals surface area contributed by atoms with Gasteiger partial charge in [0.25, 0.3) is 0 Å². The lowest BCUT2D eigenvalue weighted by Crippen LogP contribution is -2.24. The molecule has 4 heterocycles. The monoisotopic (exact) mass is 382 g/mol. The van der Waals surface area contributed by atoms with Gasteiger partial charge >= 0.3 is 0 Å². The van der Waals surface area contributed by atoms with Crippen molar-refractivity contribution in [2.45, 2.75) is 18.9 Å². The van der Waals surface area contributed by atoms with Crippen LogP contribution in [0.3, 0.4) is 0 Å². The van der Waals surface area contributed by atoms with Crippen LogP contribution in [0.15, 0.2) is 35.7 Å². The van der Waals surface area contributed by atoms with Gasteiger partial charge in [0.1, 0.15) is 11.4 Å². The molecule has 27 heavy (non-hydrogen) atoms. The Morgan fingerprint density at radius 2 is 2.22 bits per heavy atom. The molecule has 1 aromatic carbocycles. The fraction of sp³-hybridized carbons (Fsp3) is 0.350. The number of likely N-dealkylation sites (tertiary alicyclic amines) is 1. The predicted molar refractivity (Wildman–Crippen MR) is 108 cm³/mol. The van der Waals surface area contributed by atoms with E-state index < -0.39 is 0 Å². The summed E-state index contributed by atoms with van der Waals surface area (Å²) < 4.78 is 7.10. The molecule has 1 aliphatic heterocycles. The van der Waals surface area contributed by atoms with E-state index in [-0.39, 0.29) is 6.10 Å². The number of fused-ring (bicyclic) bond motifs is 2. The minimum Gasteiger partial charge on any atom is -0.493 e. The molecule has 0 spiro atoms. The van der Waals surface area contributed by atoms with Crippen LogP contribution in [0.2, 0.25) is 0 Å². The highest BCUT2D eigenvalue weighted by atomic mass is 32.1. The van der Waals surface area contributed by atoms with Crippen LogP contribution in [0, 0.1) is 0 Å². The number of aliphatic hydroxyl groups excluding tert-OH is 1. The predicted octanol–water partition coefficient (Wildman–Crippen LogP) is 3.61. The zero-order chi connectivity index (χ0) is 18.2. The van der Waals surface area contributed by atoms with E-state index >= 15 is 0 Å². The fourth-order valence-corrected chi connectivity index (χ4v) is 4.60. The number of benzene rings is 1. The van der Waals surface area contributed by atoms with Crippen molar-refractivity contribution in [3.8, 4) is 17.1 Å². The summed E-state index contributed by atoms with van der Waals surface area (Å²) in [7, 11) is 0. The van der Waals surface area contributed by atoms with Gasteiger partial charge in [-0.3, -0.25) is 5.10 Å². The van der Waals surface area contributed by atoms with Gasteiger partial charge in [0.05, 0.1) is 28.6 Å². The van der Waals surface area contributed by atoms with Crippen molar-refractivity contribution >= 4 is 32.5 Å². The Balaban J connectivity index is 1.26. The number of aromatic amines is 2. The first-order chi connectivity index (χ1) is 13.3. The summed E-state index contributed by atoms with van der Waals surface area (Å²) in [4.78, 5) is 5.76. The molecule has 1 unspecified atom stereocenters.